The van der Waals surface area contributed by atoms with Crippen LogP contribution in [-0.2, 0) is 14.6 Å². The van der Waals surface area contributed by atoms with E-state index < -0.39 is 10.4 Å². The van der Waals surface area contributed by atoms with Crippen LogP contribution in [0.4, 0.5) is 0 Å². The zero-order valence-corrected chi connectivity index (χ0v) is 26.7. The van der Waals surface area contributed by atoms with Crippen molar-refractivity contribution in [2.45, 2.75) is 200 Å². The molecule has 0 fully saturated rings. The van der Waals surface area contributed by atoms with Gasteiger partial charge in [0.05, 0.1) is 6.61 Å². The van der Waals surface area contributed by atoms with E-state index in [1.165, 1.54) is 161 Å². The summed E-state index contributed by atoms with van der Waals surface area (Å²) in [4.78, 5) is 0. The van der Waals surface area contributed by atoms with Crippen LogP contribution in [0.2, 0.25) is 0 Å². The Hall–Kier alpha value is -0.130. The summed E-state index contributed by atoms with van der Waals surface area (Å²) in [6.07, 6.45) is 38.3. The highest BCUT2D eigenvalue weighted by atomic mass is 32.3. The number of hydrogen-bond donors (Lipinski definition) is 1. The van der Waals surface area contributed by atoms with Gasteiger partial charge in [0.25, 0.3) is 0 Å². The summed E-state index contributed by atoms with van der Waals surface area (Å²) < 4.78 is 35.9. The van der Waals surface area contributed by atoms with Crippen LogP contribution in [0, 0.1) is 5.92 Å². The third kappa shape index (κ3) is 32.1. The molecule has 1 atom stereocenters. The second-order valence-electron chi connectivity index (χ2n) is 12.0. The summed E-state index contributed by atoms with van der Waals surface area (Å²) in [5, 5.41) is 0. The van der Waals surface area contributed by atoms with E-state index >= 15 is 0 Å². The predicted octanol–water partition coefficient (Wildman–Crippen LogP) is 11.8. The van der Waals surface area contributed by atoms with Crippen molar-refractivity contribution in [1.82, 2.24) is 0 Å². The summed E-state index contributed by atoms with van der Waals surface area (Å²) in [6, 6.07) is 0. The maximum absolute atomic E-state index is 11.1. The first-order chi connectivity index (χ1) is 18.5. The van der Waals surface area contributed by atoms with E-state index in [4.69, 9.17) is 8.74 Å². The Bertz CT molecular complexity index is 549. The topological polar surface area (TPSA) is 63.6 Å². The molecule has 0 bridgehead atoms. The molecule has 0 amide bonds. The van der Waals surface area contributed by atoms with E-state index in [9.17, 15) is 8.42 Å². The highest BCUT2D eigenvalue weighted by Crippen LogP contribution is 2.21. The summed E-state index contributed by atoms with van der Waals surface area (Å²) in [6.45, 7) is 4.68. The SMILES string of the molecule is CCCCCCCCCCCCCCCCC(CCCCCCCCCCCCCCC)COS(=O)(=O)O. The molecule has 4 nitrogen and oxygen atoms in total. The minimum Gasteiger partial charge on any atom is -0.264 e. The molecule has 0 aliphatic rings. The Morgan fingerprint density at radius 2 is 0.684 bits per heavy atom. The van der Waals surface area contributed by atoms with Crippen molar-refractivity contribution < 1.29 is 17.2 Å². The van der Waals surface area contributed by atoms with Crippen molar-refractivity contribution in [1.29, 1.82) is 0 Å². The highest BCUT2D eigenvalue weighted by Gasteiger charge is 2.13. The largest absolute Gasteiger partial charge is 0.397 e. The fourth-order valence-electron chi connectivity index (χ4n) is 5.57. The predicted molar refractivity (Wildman–Crippen MR) is 166 cm³/mol. The number of rotatable bonds is 32. The molecule has 0 aliphatic heterocycles. The van der Waals surface area contributed by atoms with Gasteiger partial charge in [0, 0.05) is 0 Å². The monoisotopic (exact) mass is 560 g/mol. The van der Waals surface area contributed by atoms with Crippen molar-refractivity contribution in [2.24, 2.45) is 5.92 Å². The molecule has 0 spiro atoms. The molecule has 38 heavy (non-hydrogen) atoms. The Balaban J connectivity index is 3.70. The van der Waals surface area contributed by atoms with Gasteiger partial charge in [-0.15, -0.1) is 0 Å². The molecule has 0 aliphatic carbocycles. The van der Waals surface area contributed by atoms with E-state index in [0.717, 1.165) is 25.7 Å². The van der Waals surface area contributed by atoms with Crippen molar-refractivity contribution in [3.8, 4) is 0 Å². The average Bonchev–Trinajstić information content (AvgIpc) is 2.89. The van der Waals surface area contributed by atoms with Crippen LogP contribution in [0.15, 0.2) is 0 Å². The Kier molecular flexibility index (Phi) is 29.7. The number of hydrogen-bond acceptors (Lipinski definition) is 3. The molecule has 0 aromatic rings. The lowest BCUT2D eigenvalue weighted by molar-refractivity contribution is 0.204. The molecule has 1 N–H and O–H groups in total. The van der Waals surface area contributed by atoms with Gasteiger partial charge < -0.3 is 0 Å². The quantitative estimate of drug-likeness (QED) is 0.0656. The van der Waals surface area contributed by atoms with Crippen LogP contribution in [0.5, 0.6) is 0 Å². The summed E-state index contributed by atoms with van der Waals surface area (Å²) in [7, 11) is -4.34. The van der Waals surface area contributed by atoms with Gasteiger partial charge in [0.15, 0.2) is 0 Å². The molecular formula is C33H68O4S. The molecule has 0 aromatic heterocycles. The van der Waals surface area contributed by atoms with Crippen molar-refractivity contribution in [3.63, 3.8) is 0 Å². The van der Waals surface area contributed by atoms with Crippen molar-refractivity contribution in [2.75, 3.05) is 6.61 Å². The summed E-state index contributed by atoms with van der Waals surface area (Å²) in [5.74, 6) is 0.238. The zero-order valence-electron chi connectivity index (χ0n) is 25.9. The van der Waals surface area contributed by atoms with Crippen LogP contribution >= 0.6 is 0 Å². The normalized spacial score (nSPS) is 12.8. The van der Waals surface area contributed by atoms with Gasteiger partial charge in [-0.25, -0.2) is 4.18 Å². The van der Waals surface area contributed by atoms with Gasteiger partial charge >= 0.3 is 10.4 Å². The Morgan fingerprint density at radius 3 is 0.921 bits per heavy atom. The smallest absolute Gasteiger partial charge is 0.264 e. The van der Waals surface area contributed by atoms with Crippen LogP contribution < -0.4 is 0 Å². The van der Waals surface area contributed by atoms with E-state index in [0.29, 0.717) is 0 Å². The van der Waals surface area contributed by atoms with Gasteiger partial charge in [-0.3, -0.25) is 4.55 Å². The average molecular weight is 561 g/mol. The lowest BCUT2D eigenvalue weighted by atomic mass is 9.94. The van der Waals surface area contributed by atoms with E-state index in [-0.39, 0.29) is 12.5 Å². The molecule has 0 aromatic carbocycles. The maximum Gasteiger partial charge on any atom is 0.397 e. The second-order valence-corrected chi connectivity index (χ2v) is 13.1. The molecule has 0 radical (unpaired) electrons. The first-order valence-electron chi connectivity index (χ1n) is 17.1. The molecule has 0 saturated heterocycles. The van der Waals surface area contributed by atoms with Crippen LogP contribution in [-0.4, -0.2) is 19.6 Å². The maximum atomic E-state index is 11.1. The van der Waals surface area contributed by atoms with Gasteiger partial charge in [0.1, 0.15) is 0 Å². The van der Waals surface area contributed by atoms with Crippen molar-refractivity contribution >= 4 is 10.4 Å². The fourth-order valence-corrected chi connectivity index (χ4v) is 5.94. The van der Waals surface area contributed by atoms with Crippen molar-refractivity contribution in [3.05, 3.63) is 0 Å². The molecule has 0 rings (SSSR count). The Labute approximate surface area is 239 Å². The standard InChI is InChI=1S/C33H68O4S/c1-3-5-7-9-11-13-15-17-19-21-23-25-27-29-31-33(32-37-38(34,35)36)30-28-26-24-22-20-18-16-14-12-10-8-6-4-2/h33H,3-32H2,1-2H3,(H,34,35,36). The lowest BCUT2D eigenvalue weighted by Gasteiger charge is -2.16. The zero-order chi connectivity index (χ0) is 28.0. The van der Waals surface area contributed by atoms with Crippen LogP contribution in [0.3, 0.4) is 0 Å². The van der Waals surface area contributed by atoms with Gasteiger partial charge in [-0.05, 0) is 18.8 Å². The first kappa shape index (κ1) is 37.9. The van der Waals surface area contributed by atoms with E-state index in [1.54, 1.807) is 0 Å². The van der Waals surface area contributed by atoms with Crippen LogP contribution in [0.1, 0.15) is 200 Å². The highest BCUT2D eigenvalue weighted by molar-refractivity contribution is 7.80. The van der Waals surface area contributed by atoms with Gasteiger partial charge in [0.2, 0.25) is 0 Å². The Morgan fingerprint density at radius 1 is 0.447 bits per heavy atom. The van der Waals surface area contributed by atoms with Crippen LogP contribution in [0.25, 0.3) is 0 Å². The van der Waals surface area contributed by atoms with E-state index in [2.05, 4.69) is 13.8 Å². The van der Waals surface area contributed by atoms with Gasteiger partial charge in [-0.1, -0.05) is 187 Å². The third-order valence-electron chi connectivity index (χ3n) is 8.13. The number of unbranched alkanes of at least 4 members (excludes halogenated alkanes) is 25. The summed E-state index contributed by atoms with van der Waals surface area (Å²) in [5.41, 5.74) is 0. The molecule has 230 valence electrons. The summed E-state index contributed by atoms with van der Waals surface area (Å²) >= 11 is 0. The van der Waals surface area contributed by atoms with E-state index in [1.807, 2.05) is 0 Å². The minimum atomic E-state index is -4.34. The fraction of sp³-hybridized carbons (Fsp3) is 1.00. The molecule has 1 unspecified atom stereocenters. The molecule has 0 heterocycles. The second kappa shape index (κ2) is 29.8. The first-order valence-corrected chi connectivity index (χ1v) is 18.5. The van der Waals surface area contributed by atoms with Gasteiger partial charge in [-0.2, -0.15) is 8.42 Å². The minimum absolute atomic E-state index is 0.134. The molecular weight excluding hydrogens is 492 g/mol. The molecule has 5 heteroatoms. The third-order valence-corrected chi connectivity index (χ3v) is 8.57. The molecule has 0 saturated carbocycles. The lowest BCUT2D eigenvalue weighted by Crippen LogP contribution is -2.14.